The molecule has 1 N–H and O–H groups in total. The summed E-state index contributed by atoms with van der Waals surface area (Å²) in [4.78, 5) is 4.43. The Balaban J connectivity index is 1.28. The minimum Gasteiger partial charge on any atom is -0.473 e. The van der Waals surface area contributed by atoms with Crippen molar-refractivity contribution in [2.45, 2.75) is 56.7 Å². The number of halogens is 3. The van der Waals surface area contributed by atoms with Crippen molar-refractivity contribution >= 4 is 5.71 Å². The van der Waals surface area contributed by atoms with Gasteiger partial charge in [-0.15, -0.1) is 0 Å². The molecule has 3 atom stereocenters. The number of hydrogen-bond acceptors (Lipinski definition) is 3. The molecular weight excluding hydrogens is 437 g/mol. The normalized spacial score (nSPS) is 23.9. The van der Waals surface area contributed by atoms with Crippen LogP contribution in [0.1, 0.15) is 71.0 Å². The Bertz CT molecular complexity index is 1330. The molecule has 3 aromatic rings. The number of hydrogen-bond donors (Lipinski definition) is 1. The van der Waals surface area contributed by atoms with Crippen LogP contribution in [-0.4, -0.2) is 10.7 Å². The molecule has 1 aromatic heterocycles. The van der Waals surface area contributed by atoms with Crippen molar-refractivity contribution in [1.82, 2.24) is 4.98 Å². The molecule has 0 amide bonds. The van der Waals surface area contributed by atoms with Crippen molar-refractivity contribution in [3.8, 4) is 5.88 Å². The minimum absolute atomic E-state index is 0.214. The van der Waals surface area contributed by atoms with E-state index in [4.69, 9.17) is 10.1 Å². The summed E-state index contributed by atoms with van der Waals surface area (Å²) >= 11 is 0. The molecule has 1 fully saturated rings. The third kappa shape index (κ3) is 3.34. The number of nitrogens with one attached hydrogen (secondary N) is 1. The van der Waals surface area contributed by atoms with Gasteiger partial charge < -0.3 is 10.1 Å². The number of ether oxygens (including phenoxy) is 1. The van der Waals surface area contributed by atoms with E-state index in [1.807, 2.05) is 30.5 Å². The fourth-order valence-corrected chi connectivity index (χ4v) is 6.02. The van der Waals surface area contributed by atoms with Gasteiger partial charge in [-0.25, -0.2) is 4.98 Å². The Kier molecular flexibility index (Phi) is 4.51. The molecule has 3 unspecified atom stereocenters. The molecular formula is C28H25F3N2O. The van der Waals surface area contributed by atoms with E-state index < -0.39 is 11.7 Å². The molecule has 1 saturated carbocycles. The highest BCUT2D eigenvalue weighted by Crippen LogP contribution is 2.53. The summed E-state index contributed by atoms with van der Waals surface area (Å²) < 4.78 is 47.3. The SMILES string of the molecule is CC1(C)CC(c2ccccc2C(F)(F)F)c2cc(COc3cc4c(cn3)C3C(=N)C3C4)ccc21. The number of alkyl halides is 3. The zero-order valence-corrected chi connectivity index (χ0v) is 19.0. The van der Waals surface area contributed by atoms with Gasteiger partial charge in [0.1, 0.15) is 6.61 Å². The van der Waals surface area contributed by atoms with Crippen molar-refractivity contribution in [1.29, 1.82) is 5.41 Å². The number of pyridine rings is 1. The zero-order chi connectivity index (χ0) is 23.8. The van der Waals surface area contributed by atoms with Crippen LogP contribution in [0, 0.1) is 11.3 Å². The molecule has 0 radical (unpaired) electrons. The second kappa shape index (κ2) is 7.17. The highest BCUT2D eigenvalue weighted by molar-refractivity contribution is 6.08. The van der Waals surface area contributed by atoms with Gasteiger partial charge in [-0.3, -0.25) is 0 Å². The van der Waals surface area contributed by atoms with E-state index in [1.165, 1.54) is 17.7 Å². The number of aromatic nitrogens is 1. The van der Waals surface area contributed by atoms with Crippen LogP contribution in [-0.2, 0) is 24.6 Å². The maximum absolute atomic E-state index is 13.8. The van der Waals surface area contributed by atoms with E-state index in [0.717, 1.165) is 34.4 Å². The van der Waals surface area contributed by atoms with E-state index in [9.17, 15) is 13.2 Å². The van der Waals surface area contributed by atoms with E-state index in [2.05, 4.69) is 18.8 Å². The first kappa shape index (κ1) is 21.4. The van der Waals surface area contributed by atoms with E-state index in [1.54, 1.807) is 12.1 Å². The van der Waals surface area contributed by atoms with Gasteiger partial charge >= 0.3 is 6.18 Å². The summed E-state index contributed by atoms with van der Waals surface area (Å²) in [6, 6.07) is 13.9. The third-order valence-electron chi connectivity index (χ3n) is 7.77. The molecule has 1 heterocycles. The summed E-state index contributed by atoms with van der Waals surface area (Å²) in [6.45, 7) is 4.49. The Morgan fingerprint density at radius 1 is 1.06 bits per heavy atom. The van der Waals surface area contributed by atoms with Gasteiger partial charge in [0.05, 0.1) is 5.56 Å². The van der Waals surface area contributed by atoms with Crippen LogP contribution in [0.2, 0.25) is 0 Å². The minimum atomic E-state index is -4.39. The predicted molar refractivity (Wildman–Crippen MR) is 124 cm³/mol. The molecule has 3 nitrogen and oxygen atoms in total. The molecule has 0 saturated heterocycles. The molecule has 6 heteroatoms. The molecule has 34 heavy (non-hydrogen) atoms. The number of fused-ring (bicyclic) bond motifs is 4. The van der Waals surface area contributed by atoms with Crippen LogP contribution in [0.15, 0.2) is 54.7 Å². The summed E-state index contributed by atoms with van der Waals surface area (Å²) in [5.74, 6) is 0.839. The van der Waals surface area contributed by atoms with Crippen LogP contribution >= 0.6 is 0 Å². The Morgan fingerprint density at radius 3 is 2.65 bits per heavy atom. The van der Waals surface area contributed by atoms with E-state index >= 15 is 0 Å². The van der Waals surface area contributed by atoms with Gasteiger partial charge in [-0.05, 0) is 57.7 Å². The molecule has 0 spiro atoms. The maximum atomic E-state index is 13.8. The highest BCUT2D eigenvalue weighted by atomic mass is 19.4. The first-order valence-corrected chi connectivity index (χ1v) is 11.6. The van der Waals surface area contributed by atoms with Crippen LogP contribution in [0.4, 0.5) is 13.2 Å². The van der Waals surface area contributed by atoms with Gasteiger partial charge in [-0.1, -0.05) is 50.2 Å². The van der Waals surface area contributed by atoms with Crippen molar-refractivity contribution < 1.29 is 17.9 Å². The second-order valence-electron chi connectivity index (χ2n) is 10.4. The Morgan fingerprint density at radius 2 is 1.85 bits per heavy atom. The number of benzene rings is 2. The largest absolute Gasteiger partial charge is 0.473 e. The zero-order valence-electron chi connectivity index (χ0n) is 19.0. The topological polar surface area (TPSA) is 46.0 Å². The van der Waals surface area contributed by atoms with Crippen LogP contribution in [0.3, 0.4) is 0 Å². The molecule has 2 aromatic carbocycles. The lowest BCUT2D eigenvalue weighted by molar-refractivity contribution is -0.138. The molecule has 0 aliphatic heterocycles. The van der Waals surface area contributed by atoms with Crippen LogP contribution in [0.5, 0.6) is 5.88 Å². The summed E-state index contributed by atoms with van der Waals surface area (Å²) in [5, 5.41) is 7.90. The lowest BCUT2D eigenvalue weighted by Crippen LogP contribution is -2.14. The summed E-state index contributed by atoms with van der Waals surface area (Å²) in [5.41, 5.74) is 5.68. The van der Waals surface area contributed by atoms with Gasteiger partial charge in [0.15, 0.2) is 0 Å². The van der Waals surface area contributed by atoms with Crippen molar-refractivity contribution in [2.75, 3.05) is 0 Å². The van der Waals surface area contributed by atoms with E-state index in [0.29, 0.717) is 30.4 Å². The Labute approximate surface area is 196 Å². The average molecular weight is 463 g/mol. The third-order valence-corrected chi connectivity index (χ3v) is 7.77. The van der Waals surface area contributed by atoms with Crippen molar-refractivity contribution in [2.24, 2.45) is 5.92 Å². The van der Waals surface area contributed by atoms with Gasteiger partial charge in [0.2, 0.25) is 5.88 Å². The van der Waals surface area contributed by atoms with Crippen LogP contribution < -0.4 is 4.74 Å². The van der Waals surface area contributed by atoms with Gasteiger partial charge in [0, 0.05) is 35.7 Å². The second-order valence-corrected chi connectivity index (χ2v) is 10.4. The fourth-order valence-electron chi connectivity index (χ4n) is 6.02. The first-order valence-electron chi connectivity index (χ1n) is 11.6. The van der Waals surface area contributed by atoms with Crippen molar-refractivity contribution in [3.63, 3.8) is 0 Å². The molecule has 6 rings (SSSR count). The first-order chi connectivity index (χ1) is 16.1. The van der Waals surface area contributed by atoms with E-state index in [-0.39, 0.29) is 17.3 Å². The molecule has 3 aliphatic rings. The average Bonchev–Trinajstić information content (AvgIpc) is 3.14. The molecule has 3 aliphatic carbocycles. The lowest BCUT2D eigenvalue weighted by Gasteiger charge is -2.21. The summed E-state index contributed by atoms with van der Waals surface area (Å²) in [6.07, 6.45) is -1.05. The maximum Gasteiger partial charge on any atom is 0.416 e. The summed E-state index contributed by atoms with van der Waals surface area (Å²) in [7, 11) is 0. The van der Waals surface area contributed by atoms with Gasteiger partial charge in [-0.2, -0.15) is 13.2 Å². The molecule has 0 bridgehead atoms. The molecule has 174 valence electrons. The Hall–Kier alpha value is -3.15. The van der Waals surface area contributed by atoms with Crippen LogP contribution in [0.25, 0.3) is 0 Å². The number of nitrogens with zero attached hydrogens (tertiary/aromatic N) is 1. The quantitative estimate of drug-likeness (QED) is 0.464. The lowest BCUT2D eigenvalue weighted by atomic mass is 9.84. The highest BCUT2D eigenvalue weighted by Gasteiger charge is 2.51. The standard InChI is InChI=1S/C28H25F3N2O/c1-27(2)12-20(17-5-3-4-6-23(17)28(29,30)31)18-9-15(7-8-22(18)27)14-34-24-11-16-10-19-25(26(19)32)21(16)13-33-24/h3-9,11,13,19-20,25,32H,10,12,14H2,1-2H3. The van der Waals surface area contributed by atoms with Gasteiger partial charge in [0.25, 0.3) is 0 Å². The monoisotopic (exact) mass is 462 g/mol. The number of rotatable bonds is 4. The fraction of sp³-hybridized carbons (Fsp3) is 0.357. The predicted octanol–water partition coefficient (Wildman–Crippen LogP) is 6.78. The van der Waals surface area contributed by atoms with Crippen molar-refractivity contribution in [3.05, 3.63) is 93.7 Å². The smallest absolute Gasteiger partial charge is 0.416 e.